The molecule has 0 unspecified atom stereocenters. The minimum Gasteiger partial charge on any atom is -0.374 e. The molecule has 2 rings (SSSR count). The Morgan fingerprint density at radius 3 is 2.82 bits per heavy atom. The molecule has 0 atom stereocenters. The van der Waals surface area contributed by atoms with Crippen molar-refractivity contribution in [2.75, 3.05) is 18.4 Å². The summed E-state index contributed by atoms with van der Waals surface area (Å²) in [5.74, 6) is 0.923. The molecule has 1 aliphatic carbocycles. The Hall–Kier alpha value is -0.680. The summed E-state index contributed by atoms with van der Waals surface area (Å²) in [4.78, 5) is 2.51. The number of anilines is 1. The van der Waals surface area contributed by atoms with Gasteiger partial charge < -0.3 is 5.32 Å². The average molecular weight is 254 g/mol. The van der Waals surface area contributed by atoms with E-state index in [1.165, 1.54) is 30.9 Å². The fourth-order valence-electron chi connectivity index (χ4n) is 1.89. The van der Waals surface area contributed by atoms with Crippen LogP contribution in [0.1, 0.15) is 39.3 Å². The molecule has 17 heavy (non-hydrogen) atoms. The maximum absolute atomic E-state index is 4.25. The van der Waals surface area contributed by atoms with E-state index in [0.717, 1.165) is 29.7 Å². The molecule has 0 aliphatic heterocycles. The summed E-state index contributed by atoms with van der Waals surface area (Å²) in [5.41, 5.74) is 1.10. The Bertz CT molecular complexity index is 346. The third-order valence-electron chi connectivity index (χ3n) is 3.17. The quantitative estimate of drug-likeness (QED) is 0.812. The monoisotopic (exact) mass is 254 g/mol. The lowest BCUT2D eigenvalue weighted by atomic mass is 10.2. The average Bonchev–Trinajstić information content (AvgIpc) is 3.00. The first-order valence-corrected chi connectivity index (χ1v) is 7.27. The van der Waals surface area contributed by atoms with Gasteiger partial charge in [-0.25, -0.2) is 0 Å². The number of hydrogen-bond donors (Lipinski definition) is 1. The number of nitrogens with zero attached hydrogens (tertiary/aromatic N) is 3. The highest BCUT2D eigenvalue weighted by atomic mass is 32.1. The van der Waals surface area contributed by atoms with Crippen molar-refractivity contribution in [2.45, 2.75) is 46.2 Å². The zero-order valence-corrected chi connectivity index (χ0v) is 11.8. The van der Waals surface area contributed by atoms with Gasteiger partial charge in [0.2, 0.25) is 0 Å². The Balaban J connectivity index is 1.97. The zero-order valence-electron chi connectivity index (χ0n) is 10.9. The second-order valence-corrected chi connectivity index (χ2v) is 5.80. The number of aromatic nitrogens is 2. The maximum atomic E-state index is 4.25. The highest BCUT2D eigenvalue weighted by Gasteiger charge is 2.26. The molecule has 0 radical (unpaired) electrons. The van der Waals surface area contributed by atoms with Crippen molar-refractivity contribution < 1.29 is 0 Å². The fourth-order valence-corrected chi connectivity index (χ4v) is 2.53. The van der Waals surface area contributed by atoms with Gasteiger partial charge in [0.15, 0.2) is 0 Å². The molecule has 1 aromatic rings. The predicted molar refractivity (Wildman–Crippen MR) is 72.3 cm³/mol. The lowest BCUT2D eigenvalue weighted by Gasteiger charge is -2.25. The minimum absolute atomic E-state index is 0.576. The highest BCUT2D eigenvalue weighted by Crippen LogP contribution is 2.31. The SMILES string of the molecule is CCNc1snnc1CN(CC1CC1)C(C)C. The molecule has 1 saturated carbocycles. The number of hydrogen-bond acceptors (Lipinski definition) is 5. The molecule has 0 saturated heterocycles. The molecule has 4 nitrogen and oxygen atoms in total. The summed E-state index contributed by atoms with van der Waals surface area (Å²) in [7, 11) is 0. The smallest absolute Gasteiger partial charge is 0.134 e. The molecule has 1 aliphatic rings. The molecule has 1 heterocycles. The van der Waals surface area contributed by atoms with Gasteiger partial charge >= 0.3 is 0 Å². The maximum Gasteiger partial charge on any atom is 0.134 e. The molecular weight excluding hydrogens is 232 g/mol. The lowest BCUT2D eigenvalue weighted by Crippen LogP contribution is -2.32. The van der Waals surface area contributed by atoms with Crippen molar-refractivity contribution in [3.63, 3.8) is 0 Å². The number of nitrogens with one attached hydrogen (secondary N) is 1. The van der Waals surface area contributed by atoms with Gasteiger partial charge in [-0.1, -0.05) is 4.49 Å². The van der Waals surface area contributed by atoms with E-state index < -0.39 is 0 Å². The van der Waals surface area contributed by atoms with Gasteiger partial charge in [0.05, 0.1) is 0 Å². The Morgan fingerprint density at radius 1 is 1.47 bits per heavy atom. The molecule has 1 N–H and O–H groups in total. The van der Waals surface area contributed by atoms with Crippen LogP contribution in [0.5, 0.6) is 0 Å². The number of rotatable bonds is 7. The molecule has 5 heteroatoms. The second kappa shape index (κ2) is 5.78. The van der Waals surface area contributed by atoms with E-state index in [1.54, 1.807) is 0 Å². The first-order chi connectivity index (χ1) is 8.20. The van der Waals surface area contributed by atoms with Gasteiger partial charge in [-0.2, -0.15) is 0 Å². The summed E-state index contributed by atoms with van der Waals surface area (Å²) in [6.45, 7) is 9.69. The third kappa shape index (κ3) is 3.64. The topological polar surface area (TPSA) is 41.1 Å². The van der Waals surface area contributed by atoms with Crippen LogP contribution in [0, 0.1) is 5.92 Å². The molecule has 1 fully saturated rings. The molecule has 96 valence electrons. The third-order valence-corrected chi connectivity index (χ3v) is 3.89. The molecule has 1 aromatic heterocycles. The van der Waals surface area contributed by atoms with Gasteiger partial charge in [-0.15, -0.1) is 5.10 Å². The summed E-state index contributed by atoms with van der Waals surface area (Å²) < 4.78 is 4.05. The van der Waals surface area contributed by atoms with E-state index in [4.69, 9.17) is 0 Å². The van der Waals surface area contributed by atoms with Crippen LogP contribution < -0.4 is 5.32 Å². The van der Waals surface area contributed by atoms with E-state index in [2.05, 4.69) is 40.6 Å². The molecule has 0 amide bonds. The van der Waals surface area contributed by atoms with E-state index in [1.807, 2.05) is 0 Å². The highest BCUT2D eigenvalue weighted by molar-refractivity contribution is 7.10. The first kappa shape index (κ1) is 12.8. The van der Waals surface area contributed by atoms with Crippen LogP contribution in [0.3, 0.4) is 0 Å². The minimum atomic E-state index is 0.576. The molecular formula is C12H22N4S. The molecule has 0 spiro atoms. The van der Waals surface area contributed by atoms with Gasteiger partial charge in [-0.3, -0.25) is 4.90 Å². The molecule has 0 aromatic carbocycles. The predicted octanol–water partition coefficient (Wildman–Crippen LogP) is 2.59. The van der Waals surface area contributed by atoms with Crippen LogP contribution in [0.25, 0.3) is 0 Å². The van der Waals surface area contributed by atoms with Crippen molar-refractivity contribution in [3.8, 4) is 0 Å². The Labute approximate surface area is 108 Å². The van der Waals surface area contributed by atoms with Crippen LogP contribution in [0.4, 0.5) is 5.00 Å². The van der Waals surface area contributed by atoms with Crippen molar-refractivity contribution in [2.24, 2.45) is 5.92 Å². The van der Waals surface area contributed by atoms with Crippen LogP contribution in [0.15, 0.2) is 0 Å². The van der Waals surface area contributed by atoms with E-state index in [0.29, 0.717) is 6.04 Å². The summed E-state index contributed by atoms with van der Waals surface area (Å²) >= 11 is 1.46. The van der Waals surface area contributed by atoms with Crippen LogP contribution in [-0.2, 0) is 6.54 Å². The van der Waals surface area contributed by atoms with Crippen molar-refractivity contribution in [3.05, 3.63) is 5.69 Å². The van der Waals surface area contributed by atoms with E-state index in [9.17, 15) is 0 Å². The van der Waals surface area contributed by atoms with Crippen LogP contribution >= 0.6 is 11.5 Å². The Morgan fingerprint density at radius 2 is 2.24 bits per heavy atom. The van der Waals surface area contributed by atoms with Gasteiger partial charge in [-0.05, 0) is 39.5 Å². The Kier molecular flexibility index (Phi) is 4.34. The van der Waals surface area contributed by atoms with E-state index in [-0.39, 0.29) is 0 Å². The standard InChI is InChI=1S/C12H22N4S/c1-4-13-12-11(14-15-17-12)8-16(9(2)3)7-10-5-6-10/h9-10,13H,4-8H2,1-3H3. The van der Waals surface area contributed by atoms with E-state index >= 15 is 0 Å². The lowest BCUT2D eigenvalue weighted by molar-refractivity contribution is 0.201. The van der Waals surface area contributed by atoms with Crippen LogP contribution in [-0.4, -0.2) is 33.6 Å². The zero-order chi connectivity index (χ0) is 12.3. The van der Waals surface area contributed by atoms with Crippen LogP contribution in [0.2, 0.25) is 0 Å². The summed E-state index contributed by atoms with van der Waals surface area (Å²) in [5, 5.41) is 8.72. The van der Waals surface area contributed by atoms with Crippen molar-refractivity contribution >= 4 is 16.5 Å². The normalized spacial score (nSPS) is 15.8. The summed E-state index contributed by atoms with van der Waals surface area (Å²) in [6.07, 6.45) is 2.80. The molecule has 0 bridgehead atoms. The summed E-state index contributed by atoms with van der Waals surface area (Å²) in [6, 6.07) is 0.576. The van der Waals surface area contributed by atoms with Crippen molar-refractivity contribution in [1.29, 1.82) is 0 Å². The fraction of sp³-hybridized carbons (Fsp3) is 0.833. The first-order valence-electron chi connectivity index (χ1n) is 6.49. The largest absolute Gasteiger partial charge is 0.374 e. The van der Waals surface area contributed by atoms with Gasteiger partial charge in [0, 0.05) is 37.2 Å². The van der Waals surface area contributed by atoms with Gasteiger partial charge in [0.25, 0.3) is 0 Å². The van der Waals surface area contributed by atoms with Gasteiger partial charge in [0.1, 0.15) is 10.7 Å². The van der Waals surface area contributed by atoms with Crippen molar-refractivity contribution in [1.82, 2.24) is 14.5 Å². The second-order valence-electron chi connectivity index (χ2n) is 5.05.